The summed E-state index contributed by atoms with van der Waals surface area (Å²) in [4.78, 5) is 4.40. The quantitative estimate of drug-likeness (QED) is 0.622. The van der Waals surface area contributed by atoms with Gasteiger partial charge in [-0.05, 0) is 44.0 Å². The molecule has 0 radical (unpaired) electrons. The summed E-state index contributed by atoms with van der Waals surface area (Å²) in [6.45, 7) is 4.44. The Hall–Kier alpha value is -3.22. The number of anilines is 3. The van der Waals surface area contributed by atoms with E-state index in [9.17, 15) is 4.39 Å². The van der Waals surface area contributed by atoms with Crippen LogP contribution in [0.1, 0.15) is 19.4 Å². The predicted molar refractivity (Wildman–Crippen MR) is 104 cm³/mol. The Morgan fingerprint density at radius 3 is 2.67 bits per heavy atom. The summed E-state index contributed by atoms with van der Waals surface area (Å²) in [5, 5.41) is 14.2. The first-order chi connectivity index (χ1) is 13.1. The molecule has 0 atom stereocenters. The molecule has 0 fully saturated rings. The van der Waals surface area contributed by atoms with E-state index in [1.807, 2.05) is 44.2 Å². The molecule has 0 spiro atoms. The van der Waals surface area contributed by atoms with Crippen LogP contribution in [0.4, 0.5) is 21.8 Å². The fraction of sp³-hybridized carbons (Fsp3) is 0.250. The second-order valence-corrected chi connectivity index (χ2v) is 6.22. The third-order valence-electron chi connectivity index (χ3n) is 3.71. The normalized spacial score (nSPS) is 10.7. The van der Waals surface area contributed by atoms with Gasteiger partial charge in [0.25, 0.3) is 0 Å². The van der Waals surface area contributed by atoms with Gasteiger partial charge in [0.15, 0.2) is 5.82 Å². The topological polar surface area (TPSA) is 72.0 Å². The third kappa shape index (κ3) is 5.37. The first-order valence-electron chi connectivity index (χ1n) is 8.81. The lowest BCUT2D eigenvalue weighted by molar-refractivity contribution is 0.244. The van der Waals surface area contributed by atoms with Crippen molar-refractivity contribution in [3.05, 3.63) is 66.1 Å². The van der Waals surface area contributed by atoms with E-state index in [1.54, 1.807) is 12.1 Å². The van der Waals surface area contributed by atoms with Gasteiger partial charge in [-0.2, -0.15) is 10.1 Å². The van der Waals surface area contributed by atoms with E-state index >= 15 is 0 Å². The molecule has 3 rings (SSSR count). The van der Waals surface area contributed by atoms with Gasteiger partial charge in [0.2, 0.25) is 5.95 Å². The summed E-state index contributed by atoms with van der Waals surface area (Å²) in [6, 6.07) is 14.3. The first-order valence-corrected chi connectivity index (χ1v) is 8.81. The van der Waals surface area contributed by atoms with Gasteiger partial charge in [-0.3, -0.25) is 0 Å². The minimum absolute atomic E-state index is 0.0621. The van der Waals surface area contributed by atoms with Crippen molar-refractivity contribution >= 4 is 17.5 Å². The molecule has 27 heavy (non-hydrogen) atoms. The number of rotatable bonds is 8. The molecule has 0 aliphatic carbocycles. The minimum atomic E-state index is -0.212. The van der Waals surface area contributed by atoms with Crippen LogP contribution in [0, 0.1) is 5.82 Å². The average Bonchev–Trinajstić information content (AvgIpc) is 2.65. The fourth-order valence-corrected chi connectivity index (χ4v) is 2.51. The minimum Gasteiger partial charge on any atom is -0.489 e. The summed E-state index contributed by atoms with van der Waals surface area (Å²) in [6.07, 6.45) is 2.12. The Balaban J connectivity index is 1.63. The Labute approximate surface area is 157 Å². The van der Waals surface area contributed by atoms with Crippen LogP contribution in [0.3, 0.4) is 0 Å². The van der Waals surface area contributed by atoms with E-state index in [-0.39, 0.29) is 11.9 Å². The molecule has 7 heteroatoms. The molecule has 0 amide bonds. The molecule has 2 N–H and O–H groups in total. The van der Waals surface area contributed by atoms with E-state index < -0.39 is 0 Å². The van der Waals surface area contributed by atoms with E-state index in [0.717, 1.165) is 11.4 Å². The average molecular weight is 367 g/mol. The highest BCUT2D eigenvalue weighted by Crippen LogP contribution is 2.27. The third-order valence-corrected chi connectivity index (χ3v) is 3.71. The predicted octanol–water partition coefficient (Wildman–Crippen LogP) is 4.20. The number of benzene rings is 2. The standard InChI is InChI=1S/C20H22FN5O/c1-14(2)27-18-10-6-5-9-17(18)24-19-13-23-26-20(25-19)22-12-11-15-7-3-4-8-16(15)21/h3-10,13-14H,11-12H2,1-2H3,(H2,22,24,25,26). The highest BCUT2D eigenvalue weighted by molar-refractivity contribution is 5.64. The molecule has 0 aliphatic rings. The molecule has 0 aliphatic heterocycles. The Kier molecular flexibility index (Phi) is 6.14. The second-order valence-electron chi connectivity index (χ2n) is 6.22. The summed E-state index contributed by atoms with van der Waals surface area (Å²) < 4.78 is 19.5. The molecule has 2 aromatic carbocycles. The van der Waals surface area contributed by atoms with Crippen LogP contribution in [-0.4, -0.2) is 27.8 Å². The number of nitrogens with one attached hydrogen (secondary N) is 2. The van der Waals surface area contributed by atoms with Crippen molar-refractivity contribution in [1.82, 2.24) is 15.2 Å². The Morgan fingerprint density at radius 2 is 1.85 bits per heavy atom. The summed E-state index contributed by atoms with van der Waals surface area (Å²) in [7, 11) is 0. The van der Waals surface area contributed by atoms with Crippen molar-refractivity contribution in [3.63, 3.8) is 0 Å². The van der Waals surface area contributed by atoms with E-state index in [4.69, 9.17) is 4.74 Å². The van der Waals surface area contributed by atoms with Crippen molar-refractivity contribution in [2.75, 3.05) is 17.2 Å². The molecule has 0 saturated heterocycles. The molecule has 3 aromatic rings. The number of para-hydroxylation sites is 2. The van der Waals surface area contributed by atoms with Crippen LogP contribution >= 0.6 is 0 Å². The highest BCUT2D eigenvalue weighted by atomic mass is 19.1. The van der Waals surface area contributed by atoms with Gasteiger partial charge < -0.3 is 15.4 Å². The van der Waals surface area contributed by atoms with Crippen LogP contribution in [0.5, 0.6) is 5.75 Å². The molecule has 0 unspecified atom stereocenters. The number of nitrogens with zero attached hydrogens (tertiary/aromatic N) is 3. The number of hydrogen-bond acceptors (Lipinski definition) is 6. The largest absolute Gasteiger partial charge is 0.489 e. The van der Waals surface area contributed by atoms with Gasteiger partial charge in [0.05, 0.1) is 18.0 Å². The summed E-state index contributed by atoms with van der Waals surface area (Å²) >= 11 is 0. The SMILES string of the molecule is CC(C)Oc1ccccc1Nc1cnnc(NCCc2ccccc2F)n1. The fourth-order valence-electron chi connectivity index (χ4n) is 2.51. The van der Waals surface area contributed by atoms with Crippen molar-refractivity contribution in [2.24, 2.45) is 0 Å². The van der Waals surface area contributed by atoms with Crippen LogP contribution in [0.2, 0.25) is 0 Å². The number of halogens is 1. The molecule has 6 nitrogen and oxygen atoms in total. The van der Waals surface area contributed by atoms with E-state index in [1.165, 1.54) is 12.3 Å². The molecular weight excluding hydrogens is 345 g/mol. The van der Waals surface area contributed by atoms with Crippen molar-refractivity contribution in [2.45, 2.75) is 26.4 Å². The zero-order valence-electron chi connectivity index (χ0n) is 15.3. The number of hydrogen-bond donors (Lipinski definition) is 2. The smallest absolute Gasteiger partial charge is 0.244 e. The maximum atomic E-state index is 13.7. The van der Waals surface area contributed by atoms with Crippen molar-refractivity contribution < 1.29 is 9.13 Å². The van der Waals surface area contributed by atoms with Crippen LogP contribution in [0.15, 0.2) is 54.7 Å². The van der Waals surface area contributed by atoms with Crippen LogP contribution in [0.25, 0.3) is 0 Å². The monoisotopic (exact) mass is 367 g/mol. The van der Waals surface area contributed by atoms with Crippen molar-refractivity contribution in [3.8, 4) is 5.75 Å². The highest BCUT2D eigenvalue weighted by Gasteiger charge is 2.08. The Bertz CT molecular complexity index is 888. The molecule has 0 saturated carbocycles. The van der Waals surface area contributed by atoms with E-state index in [0.29, 0.717) is 30.3 Å². The lowest BCUT2D eigenvalue weighted by atomic mass is 10.1. The molecule has 1 aromatic heterocycles. The molecule has 0 bridgehead atoms. The van der Waals surface area contributed by atoms with Gasteiger partial charge in [-0.15, -0.1) is 5.10 Å². The molecule has 140 valence electrons. The molecule has 1 heterocycles. The summed E-state index contributed by atoms with van der Waals surface area (Å²) in [5.74, 6) is 1.44. The Morgan fingerprint density at radius 1 is 1.07 bits per heavy atom. The number of ether oxygens (including phenoxy) is 1. The zero-order valence-corrected chi connectivity index (χ0v) is 15.3. The summed E-state index contributed by atoms with van der Waals surface area (Å²) in [5.41, 5.74) is 1.44. The van der Waals surface area contributed by atoms with E-state index in [2.05, 4.69) is 25.8 Å². The zero-order chi connectivity index (χ0) is 19.1. The van der Waals surface area contributed by atoms with Crippen LogP contribution in [-0.2, 0) is 6.42 Å². The van der Waals surface area contributed by atoms with Gasteiger partial charge in [0, 0.05) is 6.54 Å². The van der Waals surface area contributed by atoms with Gasteiger partial charge in [-0.1, -0.05) is 30.3 Å². The lowest BCUT2D eigenvalue weighted by Crippen LogP contribution is -2.11. The first kappa shape index (κ1) is 18.6. The molecular formula is C20H22FN5O. The maximum absolute atomic E-state index is 13.7. The maximum Gasteiger partial charge on any atom is 0.244 e. The lowest BCUT2D eigenvalue weighted by Gasteiger charge is -2.15. The van der Waals surface area contributed by atoms with Gasteiger partial charge >= 0.3 is 0 Å². The number of aromatic nitrogens is 3. The van der Waals surface area contributed by atoms with Gasteiger partial charge in [-0.25, -0.2) is 4.39 Å². The van der Waals surface area contributed by atoms with Crippen molar-refractivity contribution in [1.29, 1.82) is 0 Å². The van der Waals surface area contributed by atoms with Crippen LogP contribution < -0.4 is 15.4 Å². The van der Waals surface area contributed by atoms with Gasteiger partial charge in [0.1, 0.15) is 11.6 Å². The second kappa shape index (κ2) is 8.93.